The number of nitrogens with zero attached hydrogens (tertiary/aromatic N) is 9. The maximum absolute atomic E-state index is 9.17. The fraction of sp³-hybridized carbons (Fsp3) is 0.0948. The van der Waals surface area contributed by atoms with E-state index in [4.69, 9.17) is 0 Å². The third kappa shape index (κ3) is 20.7. The van der Waals surface area contributed by atoms with Gasteiger partial charge in [0.15, 0.2) is 0 Å². The van der Waals surface area contributed by atoms with Crippen molar-refractivity contribution in [1.29, 1.82) is 5.26 Å². The largest absolute Gasteiger partial charge is 0.345 e. The molecule has 125 heavy (non-hydrogen) atoms. The van der Waals surface area contributed by atoms with Crippen LogP contribution in [0.15, 0.2) is 437 Å². The van der Waals surface area contributed by atoms with Gasteiger partial charge in [0, 0.05) is 147 Å². The van der Waals surface area contributed by atoms with E-state index in [9.17, 15) is 5.26 Å². The third-order valence-corrected chi connectivity index (χ3v) is 22.8. The summed E-state index contributed by atoms with van der Waals surface area (Å²) in [5, 5.41) is 14.2. The van der Waals surface area contributed by atoms with Crippen molar-refractivity contribution in [2.75, 3.05) is 67.4 Å². The van der Waals surface area contributed by atoms with Gasteiger partial charge in [-0.05, 0) is 307 Å². The number of benzene rings is 18. The van der Waals surface area contributed by atoms with Crippen LogP contribution in [0.3, 0.4) is 0 Å². The monoisotopic (exact) mass is 1620 g/mol. The molecule has 0 heterocycles. The number of rotatable bonds is 20. The quantitative estimate of drug-likeness (QED) is 0.0743. The Kier molecular flexibility index (Phi) is 26.8. The SMILES string of the molecule is Cc1ccc(N(c2ccc(C)cc2)c2ccc(N(C)c3ccc4ccccc4c3)cc2)cc1.Cc1ccc(N(c2ccc(C)cc2)c2ccc(N(C)c3cccc4ccccc34)cc2)cc1.Cc1ccc(N(c2ccc(C)cc2)c2ccc(N(C)c3ccccc3)cc2)cc1.Cc1ccc(N(c2ccccc2)c2ccc(N(C)c3cccc(C#N)c3)cc2)cc1. The Labute approximate surface area is 739 Å². The molecule has 0 aliphatic rings. The Morgan fingerprint density at radius 3 is 0.720 bits per heavy atom. The first kappa shape index (κ1) is 84.4. The molecule has 614 valence electrons. The van der Waals surface area contributed by atoms with E-state index in [0.29, 0.717) is 5.56 Å². The molecule has 18 aromatic carbocycles. The summed E-state index contributed by atoms with van der Waals surface area (Å²) in [6.07, 6.45) is 0. The van der Waals surface area contributed by atoms with Gasteiger partial charge in [0.1, 0.15) is 0 Å². The van der Waals surface area contributed by atoms with Crippen LogP contribution in [-0.4, -0.2) is 28.2 Å². The Balaban J connectivity index is 0.000000129. The van der Waals surface area contributed by atoms with Gasteiger partial charge in [-0.15, -0.1) is 0 Å². The molecule has 0 aliphatic carbocycles. The second-order valence-corrected chi connectivity index (χ2v) is 31.9. The molecule has 0 spiro atoms. The first-order chi connectivity index (χ1) is 60.9. The average Bonchev–Trinajstić information content (AvgIpc) is 0.709. The molecule has 0 unspecified atom stereocenters. The van der Waals surface area contributed by atoms with Gasteiger partial charge in [-0.25, -0.2) is 0 Å². The molecule has 9 nitrogen and oxygen atoms in total. The lowest BCUT2D eigenvalue weighted by Crippen LogP contribution is -2.12. The van der Waals surface area contributed by atoms with E-state index < -0.39 is 0 Å². The minimum Gasteiger partial charge on any atom is -0.345 e. The highest BCUT2D eigenvalue weighted by Crippen LogP contribution is 2.43. The van der Waals surface area contributed by atoms with Crippen molar-refractivity contribution in [3.05, 3.63) is 481 Å². The highest BCUT2D eigenvalue weighted by atomic mass is 15.2. The Morgan fingerprint density at radius 1 is 0.168 bits per heavy atom. The fourth-order valence-corrected chi connectivity index (χ4v) is 15.4. The zero-order valence-electron chi connectivity index (χ0n) is 73.1. The Bertz CT molecular complexity index is 6410. The maximum atomic E-state index is 9.17. The highest BCUT2D eigenvalue weighted by molar-refractivity contribution is 5.96. The summed E-state index contributed by atoms with van der Waals surface area (Å²) >= 11 is 0. The summed E-state index contributed by atoms with van der Waals surface area (Å²) in [6, 6.07) is 156. The second kappa shape index (κ2) is 39.7. The van der Waals surface area contributed by atoms with Crippen LogP contribution < -0.4 is 39.2 Å². The van der Waals surface area contributed by atoms with E-state index in [0.717, 1.165) is 96.7 Å². The molecule has 0 N–H and O–H groups in total. The van der Waals surface area contributed by atoms with E-state index >= 15 is 0 Å². The van der Waals surface area contributed by atoms with Gasteiger partial charge in [0.2, 0.25) is 0 Å². The Morgan fingerprint density at radius 2 is 0.384 bits per heavy atom. The normalized spacial score (nSPS) is 10.7. The summed E-state index contributed by atoms with van der Waals surface area (Å²) in [5.74, 6) is 0. The van der Waals surface area contributed by atoms with E-state index in [1.54, 1.807) is 0 Å². The van der Waals surface area contributed by atoms with Crippen molar-refractivity contribution in [3.8, 4) is 6.07 Å². The van der Waals surface area contributed by atoms with Crippen LogP contribution in [-0.2, 0) is 0 Å². The van der Waals surface area contributed by atoms with Crippen molar-refractivity contribution in [1.82, 2.24) is 0 Å². The zero-order chi connectivity index (χ0) is 86.7. The van der Waals surface area contributed by atoms with Crippen LogP contribution in [0.5, 0.6) is 0 Å². The maximum Gasteiger partial charge on any atom is 0.0992 e. The van der Waals surface area contributed by atoms with Crippen molar-refractivity contribution in [2.45, 2.75) is 48.5 Å². The smallest absolute Gasteiger partial charge is 0.0992 e. The predicted molar refractivity (Wildman–Crippen MR) is 535 cm³/mol. The van der Waals surface area contributed by atoms with Gasteiger partial charge >= 0.3 is 0 Å². The van der Waals surface area contributed by atoms with Crippen LogP contribution in [0.25, 0.3) is 21.5 Å². The zero-order valence-corrected chi connectivity index (χ0v) is 73.1. The number of para-hydroxylation sites is 2. The molecule has 0 radical (unpaired) electrons. The number of hydrogen-bond acceptors (Lipinski definition) is 9. The van der Waals surface area contributed by atoms with Gasteiger partial charge in [0.05, 0.1) is 11.6 Å². The average molecular weight is 1630 g/mol. The second-order valence-electron chi connectivity index (χ2n) is 31.9. The molecule has 0 aliphatic heterocycles. The molecular weight excluding hydrogens is 1520 g/mol. The van der Waals surface area contributed by atoms with Crippen molar-refractivity contribution in [3.63, 3.8) is 0 Å². The topological polar surface area (TPSA) is 49.7 Å². The van der Waals surface area contributed by atoms with Crippen LogP contribution in [0.4, 0.5) is 114 Å². The molecule has 18 rings (SSSR count). The number of aryl methyl sites for hydroxylation is 7. The minimum atomic E-state index is 0.658. The number of anilines is 20. The van der Waals surface area contributed by atoms with E-state index in [-0.39, 0.29) is 0 Å². The summed E-state index contributed by atoms with van der Waals surface area (Å²) < 4.78 is 0. The van der Waals surface area contributed by atoms with Gasteiger partial charge in [-0.2, -0.15) is 5.26 Å². The minimum absolute atomic E-state index is 0.658. The van der Waals surface area contributed by atoms with Crippen molar-refractivity contribution < 1.29 is 0 Å². The standard InChI is InChI=1S/2C31H28N2.C27H23N3.C27H26N2/c1-23-11-15-27(16-12-23)33(28-17-13-24(2)14-18-28)29-21-19-26(20-22-29)32(3)31-10-6-8-25-7-4-5-9-30(25)31;1-23-8-13-28(14-9-23)33(29-15-10-24(2)11-16-29)30-20-18-27(19-21-30)32(3)31-17-12-25-6-4-5-7-26(25)22-31;1-21-11-13-25(14-12-21)30(24-8-4-3-5-9-24)26-17-15-23(16-18-26)29(2)27-10-6-7-22(19-27)20-28;1-21-9-13-25(14-10-21)29(26-15-11-22(2)12-16-26)27-19-17-24(18-20-27)28(3)23-7-5-4-6-8-23/h2*4-22H,1-3H3;3-19H,1-2H3;4-20H,1-3H3. The van der Waals surface area contributed by atoms with Gasteiger partial charge < -0.3 is 39.2 Å². The molecule has 0 saturated carbocycles. The van der Waals surface area contributed by atoms with Crippen LogP contribution >= 0.6 is 0 Å². The lowest BCUT2D eigenvalue weighted by molar-refractivity contribution is 1.20. The van der Waals surface area contributed by atoms with Gasteiger partial charge in [-0.3, -0.25) is 0 Å². The van der Waals surface area contributed by atoms with Crippen molar-refractivity contribution >= 4 is 135 Å². The number of nitriles is 1. The highest BCUT2D eigenvalue weighted by Gasteiger charge is 2.20. The van der Waals surface area contributed by atoms with E-state index in [2.05, 4.69) is 515 Å². The molecule has 0 amide bonds. The molecule has 0 bridgehead atoms. The molecule has 0 aromatic heterocycles. The molecule has 0 fully saturated rings. The predicted octanol–water partition coefficient (Wildman–Crippen LogP) is 32.0. The lowest BCUT2D eigenvalue weighted by atomic mass is 10.1. The van der Waals surface area contributed by atoms with Crippen LogP contribution in [0.1, 0.15) is 44.5 Å². The molecule has 18 aromatic rings. The van der Waals surface area contributed by atoms with Crippen molar-refractivity contribution in [2.24, 2.45) is 0 Å². The number of fused-ring (bicyclic) bond motifs is 2. The molecule has 0 saturated heterocycles. The molecule has 0 atom stereocenters. The van der Waals surface area contributed by atoms with Crippen LogP contribution in [0, 0.1) is 59.8 Å². The summed E-state index contributed by atoms with van der Waals surface area (Å²) in [6.45, 7) is 14.8. The molecule has 9 heteroatoms. The number of hydrogen-bond donors (Lipinski definition) is 0. The Hall–Kier alpha value is -15.6. The third-order valence-electron chi connectivity index (χ3n) is 22.8. The first-order valence-electron chi connectivity index (χ1n) is 42.5. The summed E-state index contributed by atoms with van der Waals surface area (Å²) in [4.78, 5) is 17.9. The van der Waals surface area contributed by atoms with E-state index in [1.165, 1.54) is 77.6 Å². The van der Waals surface area contributed by atoms with Gasteiger partial charge in [0.25, 0.3) is 0 Å². The molecular formula is C116H105N9. The van der Waals surface area contributed by atoms with E-state index in [1.807, 2.05) is 43.4 Å². The summed E-state index contributed by atoms with van der Waals surface area (Å²) in [7, 11) is 8.37. The lowest BCUT2D eigenvalue weighted by Gasteiger charge is -2.27. The summed E-state index contributed by atoms with van der Waals surface area (Å²) in [5.41, 5.74) is 32.2. The first-order valence-corrected chi connectivity index (χ1v) is 42.5. The van der Waals surface area contributed by atoms with Crippen LogP contribution in [0.2, 0.25) is 0 Å². The van der Waals surface area contributed by atoms with Gasteiger partial charge in [-0.1, -0.05) is 233 Å². The fourth-order valence-electron chi connectivity index (χ4n) is 15.4.